The average Bonchev–Trinajstić information content (AvgIpc) is 2.70. The number of hydrogen-bond donors (Lipinski definition) is 3. The number of amides is 1. The van der Waals surface area contributed by atoms with Crippen LogP contribution in [0.5, 0.6) is 0 Å². The second-order valence-corrected chi connectivity index (χ2v) is 6.82. The normalized spacial score (nSPS) is 12.8. The molecule has 0 aliphatic carbocycles. The largest absolute Gasteiger partial charge is 0.481 e. The van der Waals surface area contributed by atoms with E-state index in [1.165, 1.54) is 0 Å². The predicted molar refractivity (Wildman–Crippen MR) is 106 cm³/mol. The third kappa shape index (κ3) is 6.54. The van der Waals surface area contributed by atoms with Gasteiger partial charge in [0.2, 0.25) is 5.91 Å². The molecule has 2 aromatic rings. The van der Waals surface area contributed by atoms with E-state index < -0.39 is 17.9 Å². The van der Waals surface area contributed by atoms with Crippen molar-refractivity contribution < 1.29 is 24.6 Å². The summed E-state index contributed by atoms with van der Waals surface area (Å²) in [5.41, 5.74) is 2.98. The molecular weight excluding hydrogens is 358 g/mol. The minimum atomic E-state index is -1.03. The Hall–Kier alpha value is -3.15. The highest BCUT2D eigenvalue weighted by atomic mass is 16.4. The lowest BCUT2D eigenvalue weighted by Crippen LogP contribution is -2.29. The van der Waals surface area contributed by atoms with Crippen LogP contribution in [0, 0.1) is 5.92 Å². The third-order valence-corrected chi connectivity index (χ3v) is 4.63. The van der Waals surface area contributed by atoms with Gasteiger partial charge in [-0.25, -0.2) is 0 Å². The van der Waals surface area contributed by atoms with Gasteiger partial charge in [-0.3, -0.25) is 14.4 Å². The maximum atomic E-state index is 12.1. The summed E-state index contributed by atoms with van der Waals surface area (Å²) in [7, 11) is 0. The fourth-order valence-electron chi connectivity index (χ4n) is 2.89. The first kappa shape index (κ1) is 21.2. The van der Waals surface area contributed by atoms with E-state index in [0.29, 0.717) is 12.8 Å². The molecule has 0 aliphatic heterocycles. The number of carbonyl (C=O) groups excluding carboxylic acids is 1. The van der Waals surface area contributed by atoms with Crippen LogP contribution >= 0.6 is 0 Å². The Kier molecular flexibility index (Phi) is 7.75. The van der Waals surface area contributed by atoms with Gasteiger partial charge in [0.05, 0.1) is 18.4 Å². The Balaban J connectivity index is 2.13. The van der Waals surface area contributed by atoms with E-state index in [0.717, 1.165) is 16.7 Å². The Morgan fingerprint density at radius 2 is 1.46 bits per heavy atom. The molecule has 6 nitrogen and oxygen atoms in total. The molecule has 1 amide bonds. The van der Waals surface area contributed by atoms with Crippen molar-refractivity contribution >= 4 is 17.8 Å². The van der Waals surface area contributed by atoms with E-state index >= 15 is 0 Å². The molecule has 0 heterocycles. The van der Waals surface area contributed by atoms with Crippen LogP contribution in [0.3, 0.4) is 0 Å². The SMILES string of the molecule is C[C@H](CCC(NC(=O)CCC(=O)O)c1ccc(-c2ccccc2)cc1)C(=O)O. The van der Waals surface area contributed by atoms with Crippen LogP contribution in [0.4, 0.5) is 0 Å². The zero-order valence-electron chi connectivity index (χ0n) is 15.8. The van der Waals surface area contributed by atoms with Gasteiger partial charge in [0.1, 0.15) is 0 Å². The fraction of sp³-hybridized carbons (Fsp3) is 0.318. The van der Waals surface area contributed by atoms with Crippen LogP contribution in [0.25, 0.3) is 11.1 Å². The minimum Gasteiger partial charge on any atom is -0.481 e. The lowest BCUT2D eigenvalue weighted by Gasteiger charge is -2.20. The molecule has 6 heteroatoms. The maximum Gasteiger partial charge on any atom is 0.306 e. The number of rotatable bonds is 10. The molecule has 2 aromatic carbocycles. The first-order valence-electron chi connectivity index (χ1n) is 9.26. The van der Waals surface area contributed by atoms with Crippen LogP contribution in [0.1, 0.15) is 44.2 Å². The molecule has 0 aromatic heterocycles. The van der Waals surface area contributed by atoms with E-state index in [1.807, 2.05) is 54.6 Å². The Morgan fingerprint density at radius 3 is 2.04 bits per heavy atom. The Labute approximate surface area is 164 Å². The number of nitrogens with one attached hydrogen (secondary N) is 1. The molecule has 3 N–H and O–H groups in total. The second kappa shape index (κ2) is 10.3. The first-order valence-corrected chi connectivity index (χ1v) is 9.26. The molecule has 0 spiro atoms. The van der Waals surface area contributed by atoms with Crippen molar-refractivity contribution in [3.63, 3.8) is 0 Å². The van der Waals surface area contributed by atoms with Gasteiger partial charge in [0, 0.05) is 6.42 Å². The molecule has 2 atom stereocenters. The Bertz CT molecular complexity index is 801. The van der Waals surface area contributed by atoms with Crippen LogP contribution < -0.4 is 5.32 Å². The number of carboxylic acids is 2. The van der Waals surface area contributed by atoms with Gasteiger partial charge in [-0.05, 0) is 29.5 Å². The van der Waals surface area contributed by atoms with E-state index in [9.17, 15) is 14.4 Å². The highest BCUT2D eigenvalue weighted by molar-refractivity contribution is 5.81. The van der Waals surface area contributed by atoms with Crippen molar-refractivity contribution in [2.75, 3.05) is 0 Å². The summed E-state index contributed by atoms with van der Waals surface area (Å²) in [5, 5.41) is 20.7. The summed E-state index contributed by atoms with van der Waals surface area (Å²) >= 11 is 0. The summed E-state index contributed by atoms with van der Waals surface area (Å²) in [5.74, 6) is -2.79. The molecular formula is C22H25NO5. The maximum absolute atomic E-state index is 12.1. The lowest BCUT2D eigenvalue weighted by atomic mass is 9.95. The van der Waals surface area contributed by atoms with E-state index in [4.69, 9.17) is 10.2 Å². The molecule has 0 saturated carbocycles. The van der Waals surface area contributed by atoms with E-state index in [2.05, 4.69) is 5.32 Å². The van der Waals surface area contributed by atoms with Crippen LogP contribution in [0.2, 0.25) is 0 Å². The van der Waals surface area contributed by atoms with Gasteiger partial charge >= 0.3 is 11.9 Å². The minimum absolute atomic E-state index is 0.109. The van der Waals surface area contributed by atoms with Crippen molar-refractivity contribution in [1.82, 2.24) is 5.32 Å². The molecule has 2 rings (SSSR count). The molecule has 0 aliphatic rings. The molecule has 0 saturated heterocycles. The lowest BCUT2D eigenvalue weighted by molar-refractivity contribution is -0.141. The number of carboxylic acid groups (broad SMARTS) is 2. The highest BCUT2D eigenvalue weighted by Crippen LogP contribution is 2.25. The van der Waals surface area contributed by atoms with Crippen molar-refractivity contribution in [2.45, 2.75) is 38.6 Å². The van der Waals surface area contributed by atoms with Crippen molar-refractivity contribution in [3.05, 3.63) is 60.2 Å². The quantitative estimate of drug-likeness (QED) is 0.578. The zero-order valence-corrected chi connectivity index (χ0v) is 15.8. The topological polar surface area (TPSA) is 104 Å². The van der Waals surface area contributed by atoms with Crippen LogP contribution in [0.15, 0.2) is 54.6 Å². The summed E-state index contributed by atoms with van der Waals surface area (Å²) in [4.78, 5) is 33.9. The number of hydrogen-bond acceptors (Lipinski definition) is 3. The highest BCUT2D eigenvalue weighted by Gasteiger charge is 2.19. The van der Waals surface area contributed by atoms with Gasteiger partial charge in [-0.15, -0.1) is 0 Å². The smallest absolute Gasteiger partial charge is 0.306 e. The van der Waals surface area contributed by atoms with Gasteiger partial charge in [0.25, 0.3) is 0 Å². The van der Waals surface area contributed by atoms with E-state index in [-0.39, 0.29) is 24.8 Å². The molecule has 1 unspecified atom stereocenters. The zero-order chi connectivity index (χ0) is 20.5. The molecule has 28 heavy (non-hydrogen) atoms. The van der Waals surface area contributed by atoms with Crippen LogP contribution in [-0.4, -0.2) is 28.1 Å². The fourth-order valence-corrected chi connectivity index (χ4v) is 2.89. The number of carbonyl (C=O) groups is 3. The van der Waals surface area contributed by atoms with Gasteiger partial charge in [-0.2, -0.15) is 0 Å². The van der Waals surface area contributed by atoms with Gasteiger partial charge < -0.3 is 15.5 Å². The van der Waals surface area contributed by atoms with Crippen molar-refractivity contribution in [2.24, 2.45) is 5.92 Å². The predicted octanol–water partition coefficient (Wildman–Crippen LogP) is 3.88. The number of benzene rings is 2. The average molecular weight is 383 g/mol. The van der Waals surface area contributed by atoms with Crippen LogP contribution in [-0.2, 0) is 14.4 Å². The van der Waals surface area contributed by atoms with Crippen molar-refractivity contribution in [1.29, 1.82) is 0 Å². The summed E-state index contributed by atoms with van der Waals surface area (Å²) in [6.07, 6.45) is 0.510. The molecule has 0 fully saturated rings. The van der Waals surface area contributed by atoms with Gasteiger partial charge in [0.15, 0.2) is 0 Å². The third-order valence-electron chi connectivity index (χ3n) is 4.63. The number of aliphatic carboxylic acids is 2. The van der Waals surface area contributed by atoms with Gasteiger partial charge in [-0.1, -0.05) is 61.5 Å². The Morgan fingerprint density at radius 1 is 0.857 bits per heavy atom. The van der Waals surface area contributed by atoms with E-state index in [1.54, 1.807) is 6.92 Å². The summed E-state index contributed by atoms with van der Waals surface area (Å²) in [6, 6.07) is 17.3. The molecule has 148 valence electrons. The monoisotopic (exact) mass is 383 g/mol. The molecule has 0 radical (unpaired) electrons. The van der Waals surface area contributed by atoms with Crippen molar-refractivity contribution in [3.8, 4) is 11.1 Å². The first-order chi connectivity index (χ1) is 13.4. The summed E-state index contributed by atoms with van der Waals surface area (Å²) in [6.45, 7) is 1.63. The molecule has 0 bridgehead atoms. The second-order valence-electron chi connectivity index (χ2n) is 6.82. The summed E-state index contributed by atoms with van der Waals surface area (Å²) < 4.78 is 0. The standard InChI is InChI=1S/C22H25NO5/c1-15(22(27)28)7-12-19(23-20(24)13-14-21(25)26)18-10-8-17(9-11-18)16-5-3-2-4-6-16/h2-6,8-11,15,19H,7,12-14H2,1H3,(H,23,24)(H,25,26)(H,27,28)/t15-,19?/m1/s1.